The highest BCUT2D eigenvalue weighted by atomic mass is 16.5. The van der Waals surface area contributed by atoms with Crippen LogP contribution in [0.1, 0.15) is 44.7 Å². The van der Waals surface area contributed by atoms with Crippen molar-refractivity contribution in [3.63, 3.8) is 0 Å². The molecule has 1 aliphatic heterocycles. The van der Waals surface area contributed by atoms with E-state index in [9.17, 15) is 14.4 Å². The minimum Gasteiger partial charge on any atom is -0.487 e. The van der Waals surface area contributed by atoms with E-state index < -0.39 is 23.5 Å². The maximum atomic E-state index is 12.2. The summed E-state index contributed by atoms with van der Waals surface area (Å²) < 4.78 is 17.2. The van der Waals surface area contributed by atoms with Gasteiger partial charge < -0.3 is 24.3 Å². The van der Waals surface area contributed by atoms with Crippen LogP contribution in [0.5, 0.6) is 11.5 Å². The van der Waals surface area contributed by atoms with Gasteiger partial charge in [-0.05, 0) is 45.6 Å². The molecule has 2 N–H and O–H groups in total. The number of carboxylic acids is 1. The molecule has 8 heteroatoms. The average molecular weight is 403 g/mol. The number of amides is 1. The predicted molar refractivity (Wildman–Crippen MR) is 106 cm³/mol. The van der Waals surface area contributed by atoms with Crippen molar-refractivity contribution < 1.29 is 28.6 Å². The van der Waals surface area contributed by atoms with Crippen molar-refractivity contribution in [1.29, 1.82) is 0 Å². The fraction of sp³-hybridized carbons (Fsp3) is 0.476. The van der Waals surface area contributed by atoms with Crippen molar-refractivity contribution in [3.8, 4) is 11.5 Å². The van der Waals surface area contributed by atoms with Gasteiger partial charge >= 0.3 is 11.6 Å². The summed E-state index contributed by atoms with van der Waals surface area (Å²) in [6.07, 6.45) is 1.71. The third kappa shape index (κ3) is 4.36. The average Bonchev–Trinajstić information content (AvgIpc) is 2.62. The van der Waals surface area contributed by atoms with Gasteiger partial charge in [-0.15, -0.1) is 0 Å². The molecule has 0 aliphatic carbocycles. The standard InChI is InChI=1S/C21H25NO7/c1-5-13(20(25)26)22-16(23)10-27-15-9-14-12(6-7-21(3,4)29-14)19-18(15)11(2)8-17(24)28-19/h8-9,13H,5-7,10H2,1-4H3,(H,22,23)(H,25,26)/t13-/m1/s1. The van der Waals surface area contributed by atoms with Gasteiger partial charge in [0, 0.05) is 17.7 Å². The number of hydrogen-bond donors (Lipinski definition) is 2. The predicted octanol–water partition coefficient (Wildman–Crippen LogP) is 2.56. The second-order valence-electron chi connectivity index (χ2n) is 7.82. The highest BCUT2D eigenvalue weighted by Crippen LogP contribution is 2.42. The van der Waals surface area contributed by atoms with E-state index in [4.69, 9.17) is 19.0 Å². The van der Waals surface area contributed by atoms with Gasteiger partial charge in [-0.2, -0.15) is 0 Å². The second-order valence-corrected chi connectivity index (χ2v) is 7.82. The number of fused-ring (bicyclic) bond motifs is 3. The first kappa shape index (κ1) is 20.7. The molecule has 3 rings (SSSR count). The number of rotatable bonds is 6. The lowest BCUT2D eigenvalue weighted by molar-refractivity contribution is -0.142. The van der Waals surface area contributed by atoms with E-state index in [1.165, 1.54) is 6.07 Å². The van der Waals surface area contributed by atoms with Gasteiger partial charge in [-0.25, -0.2) is 9.59 Å². The third-order valence-electron chi connectivity index (χ3n) is 5.00. The molecule has 2 heterocycles. The number of carbonyl (C=O) groups excluding carboxylic acids is 1. The molecule has 1 aliphatic rings. The van der Waals surface area contributed by atoms with Gasteiger partial charge in [0.1, 0.15) is 28.7 Å². The van der Waals surface area contributed by atoms with Crippen LogP contribution in [0.3, 0.4) is 0 Å². The Labute approximate surface area is 167 Å². The van der Waals surface area contributed by atoms with Crippen LogP contribution in [0.2, 0.25) is 0 Å². The summed E-state index contributed by atoms with van der Waals surface area (Å²) >= 11 is 0. The van der Waals surface area contributed by atoms with Crippen LogP contribution in [0, 0.1) is 6.92 Å². The maximum Gasteiger partial charge on any atom is 0.336 e. The zero-order valence-electron chi connectivity index (χ0n) is 17.0. The van der Waals surface area contributed by atoms with Gasteiger partial charge in [-0.3, -0.25) is 4.79 Å². The van der Waals surface area contributed by atoms with Gasteiger partial charge in [-0.1, -0.05) is 6.92 Å². The van der Waals surface area contributed by atoms with E-state index in [0.717, 1.165) is 12.0 Å². The van der Waals surface area contributed by atoms with E-state index in [1.807, 2.05) is 13.8 Å². The van der Waals surface area contributed by atoms with E-state index in [2.05, 4.69) is 5.32 Å². The minimum atomic E-state index is -1.10. The molecular weight excluding hydrogens is 378 g/mol. The molecule has 1 atom stereocenters. The third-order valence-corrected chi connectivity index (χ3v) is 5.00. The maximum absolute atomic E-state index is 12.2. The summed E-state index contributed by atoms with van der Waals surface area (Å²) in [6, 6.07) is 2.09. The van der Waals surface area contributed by atoms with E-state index >= 15 is 0 Å². The fourth-order valence-corrected chi connectivity index (χ4v) is 3.45. The Morgan fingerprint density at radius 3 is 2.72 bits per heavy atom. The topological polar surface area (TPSA) is 115 Å². The Balaban J connectivity index is 1.96. The Kier molecular flexibility index (Phi) is 5.55. The monoisotopic (exact) mass is 403 g/mol. The Hall–Kier alpha value is -3.03. The van der Waals surface area contributed by atoms with Crippen LogP contribution >= 0.6 is 0 Å². The smallest absolute Gasteiger partial charge is 0.336 e. The zero-order chi connectivity index (χ0) is 21.3. The number of carbonyl (C=O) groups is 2. The van der Waals surface area contributed by atoms with Crippen LogP contribution in [-0.4, -0.2) is 35.2 Å². The molecular formula is C21H25NO7. The van der Waals surface area contributed by atoms with Crippen molar-refractivity contribution in [3.05, 3.63) is 33.7 Å². The summed E-state index contributed by atoms with van der Waals surface area (Å²) in [5.74, 6) is -0.763. The van der Waals surface area contributed by atoms with Crippen molar-refractivity contribution >= 4 is 22.8 Å². The largest absolute Gasteiger partial charge is 0.487 e. The molecule has 0 radical (unpaired) electrons. The molecule has 0 unspecified atom stereocenters. The van der Waals surface area contributed by atoms with Gasteiger partial charge in [0.25, 0.3) is 5.91 Å². The van der Waals surface area contributed by atoms with Crippen molar-refractivity contribution in [2.75, 3.05) is 6.61 Å². The summed E-state index contributed by atoms with van der Waals surface area (Å²) in [5, 5.41) is 12.1. The fourth-order valence-electron chi connectivity index (χ4n) is 3.45. The quantitative estimate of drug-likeness (QED) is 0.712. The molecule has 156 valence electrons. The molecule has 0 spiro atoms. The SMILES string of the molecule is CC[C@@H](NC(=O)COc1cc2c(c3oc(=O)cc(C)c13)CCC(C)(C)O2)C(=O)O. The number of benzene rings is 1. The van der Waals surface area contributed by atoms with E-state index in [0.29, 0.717) is 34.5 Å². The number of nitrogens with one attached hydrogen (secondary N) is 1. The molecule has 0 fully saturated rings. The molecule has 0 saturated carbocycles. The summed E-state index contributed by atoms with van der Waals surface area (Å²) in [5.41, 5.74) is 1.01. The van der Waals surface area contributed by atoms with Crippen LogP contribution in [0.4, 0.5) is 0 Å². The van der Waals surface area contributed by atoms with Gasteiger partial charge in [0.15, 0.2) is 6.61 Å². The summed E-state index contributed by atoms with van der Waals surface area (Å²) in [4.78, 5) is 35.2. The van der Waals surface area contributed by atoms with Crippen molar-refractivity contribution in [1.82, 2.24) is 5.32 Å². The first-order valence-corrected chi connectivity index (χ1v) is 9.55. The lowest BCUT2D eigenvalue weighted by Crippen LogP contribution is -2.42. The molecule has 1 aromatic carbocycles. The summed E-state index contributed by atoms with van der Waals surface area (Å²) in [7, 11) is 0. The Morgan fingerprint density at radius 1 is 1.34 bits per heavy atom. The second kappa shape index (κ2) is 7.77. The lowest BCUT2D eigenvalue weighted by Gasteiger charge is -2.33. The molecule has 1 aromatic heterocycles. The number of aliphatic carboxylic acids is 1. The van der Waals surface area contributed by atoms with Gasteiger partial charge in [0.05, 0.1) is 5.39 Å². The zero-order valence-corrected chi connectivity index (χ0v) is 17.0. The molecule has 29 heavy (non-hydrogen) atoms. The normalized spacial score (nSPS) is 15.9. The summed E-state index contributed by atoms with van der Waals surface area (Å²) in [6.45, 7) is 7.00. The van der Waals surface area contributed by atoms with Gasteiger partial charge in [0.2, 0.25) is 0 Å². The molecule has 0 bridgehead atoms. The lowest BCUT2D eigenvalue weighted by atomic mass is 9.92. The molecule has 8 nitrogen and oxygen atoms in total. The molecule has 0 saturated heterocycles. The number of aryl methyl sites for hydroxylation is 2. The van der Waals surface area contributed by atoms with Crippen molar-refractivity contribution in [2.24, 2.45) is 0 Å². The molecule has 1 amide bonds. The number of ether oxygens (including phenoxy) is 2. The Morgan fingerprint density at radius 2 is 2.07 bits per heavy atom. The van der Waals surface area contributed by atoms with Crippen LogP contribution < -0.4 is 20.4 Å². The van der Waals surface area contributed by atoms with Crippen LogP contribution in [0.25, 0.3) is 11.0 Å². The van der Waals surface area contributed by atoms with Crippen molar-refractivity contribution in [2.45, 2.75) is 58.6 Å². The molecule has 2 aromatic rings. The highest BCUT2D eigenvalue weighted by molar-refractivity contribution is 5.92. The van der Waals surface area contributed by atoms with Crippen LogP contribution in [0.15, 0.2) is 21.3 Å². The Bertz CT molecular complexity index is 1020. The number of carboxylic acid groups (broad SMARTS) is 1. The van der Waals surface area contributed by atoms with Crippen LogP contribution in [-0.2, 0) is 16.0 Å². The highest BCUT2D eigenvalue weighted by Gasteiger charge is 2.30. The minimum absolute atomic E-state index is 0.260. The first-order chi connectivity index (χ1) is 13.6. The van der Waals surface area contributed by atoms with E-state index in [-0.39, 0.29) is 18.6 Å². The number of hydrogen-bond acceptors (Lipinski definition) is 6. The first-order valence-electron chi connectivity index (χ1n) is 9.55. The van der Waals surface area contributed by atoms with E-state index in [1.54, 1.807) is 19.9 Å².